The van der Waals surface area contributed by atoms with Crippen molar-refractivity contribution in [3.63, 3.8) is 0 Å². The van der Waals surface area contributed by atoms with E-state index in [-0.39, 0.29) is 18.0 Å². The van der Waals surface area contributed by atoms with Crippen LogP contribution in [-0.4, -0.2) is 55.9 Å². The van der Waals surface area contributed by atoms with Crippen molar-refractivity contribution in [3.8, 4) is 11.1 Å². The lowest BCUT2D eigenvalue weighted by Crippen LogP contribution is -2.68. The second-order valence-electron chi connectivity index (χ2n) is 9.96. The third-order valence-corrected chi connectivity index (χ3v) is 9.77. The van der Waals surface area contributed by atoms with Gasteiger partial charge in [0.2, 0.25) is 10.0 Å². The van der Waals surface area contributed by atoms with Gasteiger partial charge in [-0.15, -0.1) is 0 Å². The Bertz CT molecular complexity index is 1290. The van der Waals surface area contributed by atoms with E-state index < -0.39 is 10.0 Å². The number of hydrogen-bond donors (Lipinski definition) is 1. The summed E-state index contributed by atoms with van der Waals surface area (Å²) in [5, 5.41) is 0. The van der Waals surface area contributed by atoms with Crippen LogP contribution < -0.4 is 5.73 Å². The molecule has 5 rings (SSSR count). The van der Waals surface area contributed by atoms with Gasteiger partial charge in [0.05, 0.1) is 4.90 Å². The molecule has 0 radical (unpaired) electrons. The molecule has 0 bridgehead atoms. The summed E-state index contributed by atoms with van der Waals surface area (Å²) in [6.07, 6.45) is 1.84. The van der Waals surface area contributed by atoms with Crippen LogP contribution in [0.5, 0.6) is 0 Å². The van der Waals surface area contributed by atoms with Gasteiger partial charge in [-0.2, -0.15) is 4.31 Å². The number of nitrogens with zero attached hydrogens (tertiary/aromatic N) is 2. The van der Waals surface area contributed by atoms with E-state index in [0.717, 1.165) is 24.9 Å². The first-order valence-corrected chi connectivity index (χ1v) is 14.0. The van der Waals surface area contributed by atoms with Crippen molar-refractivity contribution < 1.29 is 8.42 Å². The molecule has 0 saturated carbocycles. The largest absolute Gasteiger partial charge is 0.329 e. The molecule has 0 spiro atoms. The zero-order valence-electron chi connectivity index (χ0n) is 20.6. The van der Waals surface area contributed by atoms with Crippen molar-refractivity contribution in [2.75, 3.05) is 26.2 Å². The van der Waals surface area contributed by atoms with Crippen LogP contribution in [0.2, 0.25) is 0 Å². The molecule has 2 N–H and O–H groups in total. The topological polar surface area (TPSA) is 66.6 Å². The van der Waals surface area contributed by atoms with Crippen LogP contribution >= 0.6 is 0 Å². The number of aryl methyl sites for hydroxylation is 2. The summed E-state index contributed by atoms with van der Waals surface area (Å²) in [7, 11) is -3.56. The molecule has 3 atom stereocenters. The van der Waals surface area contributed by atoms with E-state index in [1.165, 1.54) is 22.3 Å². The van der Waals surface area contributed by atoms with E-state index in [2.05, 4.69) is 60.4 Å². The standard InChI is InChI=1S/C29H35N3O2S/c1-21-8-7-10-25(18-21)23-12-14-24(15-13-23)29-26(19-30)32-17-6-5-16-31(20-27(29)32)35(33,34)28-11-4-3-9-22(28)2/h3-4,7-15,18,26-27,29H,5-6,16-17,19-20,30H2,1-2H3/t26-,27+,29-/m1/s1. The normalized spacial score (nSPS) is 23.7. The molecule has 2 fully saturated rings. The maximum absolute atomic E-state index is 13.7. The SMILES string of the molecule is Cc1cccc(-c2ccc([C@@H]3[C@@H](CN)N4CCCCN(S(=O)(=O)c5ccccc5C)C[C@@H]34)cc2)c1. The highest BCUT2D eigenvalue weighted by Gasteiger charge is 2.49. The Hall–Kier alpha value is -2.51. The highest BCUT2D eigenvalue weighted by Crippen LogP contribution is 2.42. The zero-order valence-corrected chi connectivity index (χ0v) is 21.4. The molecule has 0 aliphatic carbocycles. The first kappa shape index (κ1) is 24.2. The molecule has 5 nitrogen and oxygen atoms in total. The smallest absolute Gasteiger partial charge is 0.243 e. The Kier molecular flexibility index (Phi) is 6.82. The van der Waals surface area contributed by atoms with Gasteiger partial charge in [-0.1, -0.05) is 72.3 Å². The monoisotopic (exact) mass is 489 g/mol. The van der Waals surface area contributed by atoms with Gasteiger partial charge in [0.1, 0.15) is 0 Å². The molecule has 2 aliphatic rings. The van der Waals surface area contributed by atoms with Gasteiger partial charge >= 0.3 is 0 Å². The maximum atomic E-state index is 13.7. The second-order valence-corrected chi connectivity index (χ2v) is 11.9. The lowest BCUT2D eigenvalue weighted by atomic mass is 9.74. The zero-order chi connectivity index (χ0) is 24.6. The molecule has 0 aromatic heterocycles. The van der Waals surface area contributed by atoms with E-state index in [9.17, 15) is 8.42 Å². The number of rotatable bonds is 5. The van der Waals surface area contributed by atoms with Crippen molar-refractivity contribution in [1.82, 2.24) is 9.21 Å². The van der Waals surface area contributed by atoms with Gasteiger partial charge in [0.25, 0.3) is 0 Å². The Balaban J connectivity index is 1.43. The Morgan fingerprint density at radius 3 is 2.34 bits per heavy atom. The highest BCUT2D eigenvalue weighted by molar-refractivity contribution is 7.89. The van der Waals surface area contributed by atoms with Gasteiger partial charge < -0.3 is 5.73 Å². The fraction of sp³-hybridized carbons (Fsp3) is 0.379. The summed E-state index contributed by atoms with van der Waals surface area (Å²) in [4.78, 5) is 2.86. The maximum Gasteiger partial charge on any atom is 0.243 e. The first-order valence-electron chi connectivity index (χ1n) is 12.6. The fourth-order valence-electron chi connectivity index (χ4n) is 5.90. The second kappa shape index (κ2) is 9.86. The van der Waals surface area contributed by atoms with Crippen LogP contribution in [0.3, 0.4) is 0 Å². The summed E-state index contributed by atoms with van der Waals surface area (Å²) in [5.41, 5.74) is 11.9. The van der Waals surface area contributed by atoms with Crippen molar-refractivity contribution >= 4 is 10.0 Å². The summed E-state index contributed by atoms with van der Waals surface area (Å²) >= 11 is 0. The van der Waals surface area contributed by atoms with Crippen molar-refractivity contribution in [2.24, 2.45) is 5.73 Å². The van der Waals surface area contributed by atoms with Crippen LogP contribution in [0.25, 0.3) is 11.1 Å². The van der Waals surface area contributed by atoms with Gasteiger partial charge in [0.15, 0.2) is 0 Å². The van der Waals surface area contributed by atoms with Gasteiger partial charge in [0, 0.05) is 37.6 Å². The molecule has 3 aromatic rings. The molecule has 2 saturated heterocycles. The predicted octanol–water partition coefficient (Wildman–Crippen LogP) is 4.55. The molecule has 2 aliphatic heterocycles. The molecule has 35 heavy (non-hydrogen) atoms. The number of hydrogen-bond acceptors (Lipinski definition) is 4. The third-order valence-electron chi connectivity index (χ3n) is 7.75. The summed E-state index contributed by atoms with van der Waals surface area (Å²) in [6.45, 7) is 6.59. The van der Waals surface area contributed by atoms with Crippen molar-refractivity contribution in [3.05, 3.63) is 89.5 Å². The number of nitrogens with two attached hydrogens (primary N) is 1. The van der Waals surface area contributed by atoms with Crippen molar-refractivity contribution in [1.29, 1.82) is 0 Å². The molecule has 0 amide bonds. The summed E-state index contributed by atoms with van der Waals surface area (Å²) < 4.78 is 29.0. The predicted molar refractivity (Wildman–Crippen MR) is 142 cm³/mol. The molecule has 184 valence electrons. The third kappa shape index (κ3) is 4.56. The fourth-order valence-corrected chi connectivity index (χ4v) is 7.62. The number of sulfonamides is 1. The average molecular weight is 490 g/mol. The molecule has 0 unspecified atom stereocenters. The minimum atomic E-state index is -3.56. The van der Waals surface area contributed by atoms with E-state index in [0.29, 0.717) is 24.5 Å². The molecule has 6 heteroatoms. The van der Waals surface area contributed by atoms with Crippen molar-refractivity contribution in [2.45, 2.75) is 49.6 Å². The minimum Gasteiger partial charge on any atom is -0.329 e. The Labute approximate surface area is 209 Å². The molecular formula is C29H35N3O2S. The number of fused-ring (bicyclic) bond motifs is 1. The molecular weight excluding hydrogens is 454 g/mol. The lowest BCUT2D eigenvalue weighted by molar-refractivity contribution is -0.0261. The lowest BCUT2D eigenvalue weighted by Gasteiger charge is -2.57. The van der Waals surface area contributed by atoms with E-state index >= 15 is 0 Å². The van der Waals surface area contributed by atoms with Crippen LogP contribution in [-0.2, 0) is 10.0 Å². The molecule has 3 aromatic carbocycles. The molecule has 2 heterocycles. The minimum absolute atomic E-state index is 0.132. The van der Waals surface area contributed by atoms with Gasteiger partial charge in [-0.05, 0) is 61.6 Å². The van der Waals surface area contributed by atoms with Gasteiger partial charge in [-0.25, -0.2) is 8.42 Å². The van der Waals surface area contributed by atoms with E-state index in [1.807, 2.05) is 25.1 Å². The van der Waals surface area contributed by atoms with Crippen LogP contribution in [0.1, 0.15) is 35.4 Å². The Morgan fingerprint density at radius 2 is 1.63 bits per heavy atom. The van der Waals surface area contributed by atoms with Crippen LogP contribution in [0.15, 0.2) is 77.7 Å². The highest BCUT2D eigenvalue weighted by atomic mass is 32.2. The number of benzene rings is 3. The average Bonchev–Trinajstić information content (AvgIpc) is 2.83. The van der Waals surface area contributed by atoms with Crippen LogP contribution in [0.4, 0.5) is 0 Å². The summed E-state index contributed by atoms with van der Waals surface area (Å²) in [6, 6.07) is 25.0. The first-order chi connectivity index (χ1) is 16.9. The quantitative estimate of drug-likeness (QED) is 0.571. The summed E-state index contributed by atoms with van der Waals surface area (Å²) in [5.74, 6) is 0.222. The van der Waals surface area contributed by atoms with E-state index in [1.54, 1.807) is 10.4 Å². The van der Waals surface area contributed by atoms with Gasteiger partial charge in [-0.3, -0.25) is 4.90 Å². The Morgan fingerprint density at radius 1 is 0.886 bits per heavy atom. The van der Waals surface area contributed by atoms with E-state index in [4.69, 9.17) is 5.73 Å². The van der Waals surface area contributed by atoms with Crippen LogP contribution in [0, 0.1) is 13.8 Å².